The summed E-state index contributed by atoms with van der Waals surface area (Å²) in [5.41, 5.74) is 6.83. The number of nitrogens with zero attached hydrogens (tertiary/aromatic N) is 1. The highest BCUT2D eigenvalue weighted by Crippen LogP contribution is 2.36. The SMILES string of the molecule is CC(C)N1CCC(C)(C(=O)Cc2cccc(C3CCc4cc(C(=O)NO)ccc4C3)c2)CC1. The minimum atomic E-state index is -0.471. The van der Waals surface area contributed by atoms with Crippen molar-refractivity contribution < 1.29 is 14.8 Å². The zero-order valence-corrected chi connectivity index (χ0v) is 20.1. The lowest BCUT2D eigenvalue weighted by atomic mass is 9.74. The first-order valence-corrected chi connectivity index (χ1v) is 12.2. The van der Waals surface area contributed by atoms with Crippen LogP contribution in [0.3, 0.4) is 0 Å². The maximum Gasteiger partial charge on any atom is 0.274 e. The van der Waals surface area contributed by atoms with E-state index in [1.807, 2.05) is 12.1 Å². The van der Waals surface area contributed by atoms with Gasteiger partial charge in [0.25, 0.3) is 5.91 Å². The number of hydrogen-bond donors (Lipinski definition) is 2. The summed E-state index contributed by atoms with van der Waals surface area (Å²) in [6.07, 6.45) is 5.24. The first-order chi connectivity index (χ1) is 15.8. The van der Waals surface area contributed by atoms with Crippen molar-refractivity contribution in [3.05, 3.63) is 70.3 Å². The lowest BCUT2D eigenvalue weighted by Gasteiger charge is -2.40. The molecule has 0 spiro atoms. The van der Waals surface area contributed by atoms with Crippen molar-refractivity contribution in [1.29, 1.82) is 0 Å². The summed E-state index contributed by atoms with van der Waals surface area (Å²) >= 11 is 0. The molecular weight excluding hydrogens is 412 g/mol. The Morgan fingerprint density at radius 3 is 2.58 bits per heavy atom. The van der Waals surface area contributed by atoms with E-state index in [1.165, 1.54) is 16.7 Å². The minimum Gasteiger partial charge on any atom is -0.301 e. The molecule has 2 aliphatic rings. The van der Waals surface area contributed by atoms with Crippen molar-refractivity contribution in [2.75, 3.05) is 13.1 Å². The van der Waals surface area contributed by atoms with E-state index >= 15 is 0 Å². The molecule has 2 aromatic rings. The van der Waals surface area contributed by atoms with Crippen molar-refractivity contribution in [2.24, 2.45) is 5.41 Å². The number of piperidine rings is 1. The fourth-order valence-electron chi connectivity index (χ4n) is 5.41. The molecule has 1 heterocycles. The highest BCUT2D eigenvalue weighted by Gasteiger charge is 2.36. The molecule has 4 rings (SSSR count). The van der Waals surface area contributed by atoms with Crippen molar-refractivity contribution >= 4 is 11.7 Å². The van der Waals surface area contributed by atoms with Gasteiger partial charge in [-0.3, -0.25) is 14.8 Å². The summed E-state index contributed by atoms with van der Waals surface area (Å²) in [5.74, 6) is 0.308. The summed E-state index contributed by atoms with van der Waals surface area (Å²) in [4.78, 5) is 27.4. The second kappa shape index (κ2) is 9.78. The number of ketones is 1. The number of aryl methyl sites for hydroxylation is 1. The first-order valence-electron chi connectivity index (χ1n) is 12.2. The van der Waals surface area contributed by atoms with E-state index in [0.29, 0.717) is 29.7 Å². The molecule has 0 aromatic heterocycles. The van der Waals surface area contributed by atoms with Crippen LogP contribution in [0.5, 0.6) is 0 Å². The molecular formula is C28H36N2O3. The van der Waals surface area contributed by atoms with Crippen LogP contribution in [-0.4, -0.2) is 40.9 Å². The lowest BCUT2D eigenvalue weighted by Crippen LogP contribution is -2.45. The summed E-state index contributed by atoms with van der Waals surface area (Å²) in [5, 5.41) is 8.88. The summed E-state index contributed by atoms with van der Waals surface area (Å²) in [6.45, 7) is 8.61. The van der Waals surface area contributed by atoms with Crippen molar-refractivity contribution in [3.8, 4) is 0 Å². The molecule has 1 amide bonds. The molecule has 2 N–H and O–H groups in total. The number of likely N-dealkylation sites (tertiary alicyclic amines) is 1. The van der Waals surface area contributed by atoms with Crippen molar-refractivity contribution in [2.45, 2.75) is 71.3 Å². The van der Waals surface area contributed by atoms with Crippen LogP contribution in [0, 0.1) is 5.41 Å². The Balaban J connectivity index is 1.42. The maximum absolute atomic E-state index is 13.3. The van der Waals surface area contributed by atoms with Crippen LogP contribution in [0.2, 0.25) is 0 Å². The van der Waals surface area contributed by atoms with E-state index in [-0.39, 0.29) is 5.41 Å². The van der Waals surface area contributed by atoms with Gasteiger partial charge in [-0.1, -0.05) is 37.3 Å². The van der Waals surface area contributed by atoms with Crippen LogP contribution in [0.4, 0.5) is 0 Å². The third-order valence-electron chi connectivity index (χ3n) is 7.89. The first kappa shape index (κ1) is 23.7. The van der Waals surface area contributed by atoms with Gasteiger partial charge in [0.05, 0.1) is 0 Å². The van der Waals surface area contributed by atoms with Crippen LogP contribution in [0.25, 0.3) is 0 Å². The Kier molecular flexibility index (Phi) is 7.01. The predicted molar refractivity (Wildman–Crippen MR) is 130 cm³/mol. The van der Waals surface area contributed by atoms with Gasteiger partial charge in [0.15, 0.2) is 0 Å². The van der Waals surface area contributed by atoms with Crippen molar-refractivity contribution in [3.63, 3.8) is 0 Å². The summed E-state index contributed by atoms with van der Waals surface area (Å²) in [6, 6.07) is 14.8. The van der Waals surface area contributed by atoms with E-state index in [1.54, 1.807) is 11.5 Å². The molecule has 1 saturated heterocycles. The fourth-order valence-corrected chi connectivity index (χ4v) is 5.41. The zero-order valence-electron chi connectivity index (χ0n) is 20.1. The Morgan fingerprint density at radius 1 is 1.12 bits per heavy atom. The number of carbonyl (C=O) groups excluding carboxylic acids is 2. The number of Topliss-reactive ketones (excluding diaryl/α,β-unsaturated/α-hetero) is 1. The predicted octanol–water partition coefficient (Wildman–Crippen LogP) is 4.70. The van der Waals surface area contributed by atoms with E-state index in [2.05, 4.69) is 49.9 Å². The van der Waals surface area contributed by atoms with Crippen LogP contribution < -0.4 is 5.48 Å². The topological polar surface area (TPSA) is 69.6 Å². The average molecular weight is 449 g/mol. The number of nitrogens with one attached hydrogen (secondary N) is 1. The number of hydrogen-bond acceptors (Lipinski definition) is 4. The molecule has 2 aromatic carbocycles. The molecule has 1 aliphatic heterocycles. The molecule has 0 saturated carbocycles. The maximum atomic E-state index is 13.3. The van der Waals surface area contributed by atoms with Gasteiger partial charge in [-0.15, -0.1) is 0 Å². The van der Waals surface area contributed by atoms with Gasteiger partial charge in [-0.05, 0) is 99.3 Å². The molecule has 1 unspecified atom stereocenters. The number of benzene rings is 2. The van der Waals surface area contributed by atoms with E-state index in [9.17, 15) is 9.59 Å². The zero-order chi connectivity index (χ0) is 23.6. The number of fused-ring (bicyclic) bond motifs is 1. The molecule has 0 radical (unpaired) electrons. The highest BCUT2D eigenvalue weighted by atomic mass is 16.5. The number of carbonyl (C=O) groups is 2. The third-order valence-corrected chi connectivity index (χ3v) is 7.89. The van der Waals surface area contributed by atoms with Gasteiger partial charge in [-0.25, -0.2) is 5.48 Å². The molecule has 1 fully saturated rings. The smallest absolute Gasteiger partial charge is 0.274 e. The van der Waals surface area contributed by atoms with Gasteiger partial charge in [0, 0.05) is 23.4 Å². The number of amides is 1. The minimum absolute atomic E-state index is 0.219. The van der Waals surface area contributed by atoms with Crippen LogP contribution in [0.15, 0.2) is 42.5 Å². The Labute approximate surface area is 197 Å². The quantitative estimate of drug-likeness (QED) is 0.496. The highest BCUT2D eigenvalue weighted by molar-refractivity contribution is 5.93. The van der Waals surface area contributed by atoms with Crippen LogP contribution >= 0.6 is 0 Å². The second-order valence-electron chi connectivity index (χ2n) is 10.4. The van der Waals surface area contributed by atoms with E-state index in [4.69, 9.17) is 5.21 Å². The van der Waals surface area contributed by atoms with Gasteiger partial charge in [-0.2, -0.15) is 0 Å². The summed E-state index contributed by atoms with van der Waals surface area (Å²) < 4.78 is 0. The van der Waals surface area contributed by atoms with Crippen molar-refractivity contribution in [1.82, 2.24) is 10.4 Å². The molecule has 0 bridgehead atoms. The standard InChI is InChI=1S/C28H36N2O3/c1-19(2)30-13-11-28(3,12-14-30)26(31)16-20-5-4-6-21(15-20)22-7-8-24-18-25(27(32)29-33)10-9-23(24)17-22/h4-6,9-10,15,18-19,22,33H,7-8,11-14,16-17H2,1-3H3,(H,29,32). The molecule has 5 heteroatoms. The van der Waals surface area contributed by atoms with Gasteiger partial charge in [0.2, 0.25) is 0 Å². The lowest BCUT2D eigenvalue weighted by molar-refractivity contribution is -0.130. The number of rotatable bonds is 6. The average Bonchev–Trinajstić information content (AvgIpc) is 2.83. The molecule has 33 heavy (non-hydrogen) atoms. The van der Waals surface area contributed by atoms with Gasteiger partial charge < -0.3 is 4.90 Å². The normalized spacial score (nSPS) is 20.3. The second-order valence-corrected chi connectivity index (χ2v) is 10.4. The Bertz CT molecular complexity index is 1020. The Hall–Kier alpha value is -2.50. The molecule has 1 aliphatic carbocycles. The third kappa shape index (κ3) is 5.20. The monoisotopic (exact) mass is 448 g/mol. The largest absolute Gasteiger partial charge is 0.301 e. The molecule has 5 nitrogen and oxygen atoms in total. The number of hydroxylamine groups is 1. The fraction of sp³-hybridized carbons (Fsp3) is 0.500. The van der Waals surface area contributed by atoms with Crippen LogP contribution in [0.1, 0.15) is 78.6 Å². The van der Waals surface area contributed by atoms with Crippen LogP contribution in [-0.2, 0) is 24.1 Å². The van der Waals surface area contributed by atoms with E-state index in [0.717, 1.165) is 50.8 Å². The molecule has 176 valence electrons. The van der Waals surface area contributed by atoms with Gasteiger partial charge in [0.1, 0.15) is 5.78 Å². The van der Waals surface area contributed by atoms with Gasteiger partial charge >= 0.3 is 0 Å². The Morgan fingerprint density at radius 2 is 1.88 bits per heavy atom. The van der Waals surface area contributed by atoms with E-state index < -0.39 is 5.91 Å². The molecule has 1 atom stereocenters. The summed E-state index contributed by atoms with van der Waals surface area (Å²) in [7, 11) is 0.